The van der Waals surface area contributed by atoms with Gasteiger partial charge in [-0.15, -0.1) is 0 Å². The van der Waals surface area contributed by atoms with Gasteiger partial charge in [-0.05, 0) is 25.0 Å². The number of hydrogen-bond donors (Lipinski definition) is 1. The van der Waals surface area contributed by atoms with Crippen LogP contribution >= 0.6 is 0 Å². The monoisotopic (exact) mass is 467 g/mol. The highest BCUT2D eigenvalue weighted by Crippen LogP contribution is 2.27. The Kier molecular flexibility index (Phi) is 16.6. The van der Waals surface area contributed by atoms with Crippen LogP contribution in [0, 0.1) is 0 Å². The first kappa shape index (κ1) is 28.7. The molecule has 2 aromatic rings. The number of unbranched alkanes of at least 4 members (excludes halogenated alkanes) is 16. The molecule has 0 unspecified atom stereocenters. The van der Waals surface area contributed by atoms with Gasteiger partial charge in [0.1, 0.15) is 18.1 Å². The van der Waals surface area contributed by atoms with Crippen LogP contribution in [0.15, 0.2) is 42.7 Å². The topological polar surface area (TPSA) is 19.7 Å². The van der Waals surface area contributed by atoms with Crippen LogP contribution in [0.1, 0.15) is 154 Å². The summed E-state index contributed by atoms with van der Waals surface area (Å²) in [6.07, 6.45) is 32.4. The summed E-state index contributed by atoms with van der Waals surface area (Å²) in [7, 11) is 0. The van der Waals surface area contributed by atoms with Gasteiger partial charge in [0, 0.05) is 0 Å². The average molecular weight is 468 g/mol. The maximum Gasteiger partial charge on any atom is 0.262 e. The Morgan fingerprint density at radius 2 is 1.03 bits per heavy atom. The zero-order valence-corrected chi connectivity index (χ0v) is 22.7. The summed E-state index contributed by atoms with van der Waals surface area (Å²) in [5.74, 6) is 2.05. The maximum atomic E-state index is 3.63. The normalized spacial score (nSPS) is 12.3. The van der Waals surface area contributed by atoms with Crippen molar-refractivity contribution in [1.29, 1.82) is 0 Å². The Morgan fingerprint density at radius 3 is 1.50 bits per heavy atom. The van der Waals surface area contributed by atoms with Gasteiger partial charge in [0.2, 0.25) is 0 Å². The van der Waals surface area contributed by atoms with Gasteiger partial charge in [-0.25, -0.2) is 4.98 Å². The van der Waals surface area contributed by atoms with Crippen LogP contribution in [-0.4, -0.2) is 4.98 Å². The number of rotatable bonds is 22. The molecule has 0 saturated heterocycles. The third-order valence-electron chi connectivity index (χ3n) is 7.45. The van der Waals surface area contributed by atoms with Crippen molar-refractivity contribution < 1.29 is 4.57 Å². The third-order valence-corrected chi connectivity index (χ3v) is 7.45. The third kappa shape index (κ3) is 12.2. The number of aromatic amines is 1. The maximum absolute atomic E-state index is 3.63. The zero-order valence-electron chi connectivity index (χ0n) is 22.7. The van der Waals surface area contributed by atoms with Gasteiger partial charge in [0.15, 0.2) is 0 Å². The Hall–Kier alpha value is -1.57. The lowest BCUT2D eigenvalue weighted by Crippen LogP contribution is -2.34. The SMILES string of the molecule is CCCCCCCCCCCCC[C@H](CCCCCCCCC)c1[nH]cc[n+]1-c1ccccc1. The van der Waals surface area contributed by atoms with E-state index in [1.54, 1.807) is 0 Å². The first-order valence-corrected chi connectivity index (χ1v) is 15.0. The molecule has 1 aromatic carbocycles. The van der Waals surface area contributed by atoms with Crippen LogP contribution in [0.25, 0.3) is 5.69 Å². The first-order chi connectivity index (χ1) is 16.9. The predicted molar refractivity (Wildman–Crippen MR) is 149 cm³/mol. The molecule has 1 heterocycles. The molecular weight excluding hydrogens is 412 g/mol. The molecule has 0 fully saturated rings. The summed E-state index contributed by atoms with van der Waals surface area (Å²) in [6.45, 7) is 4.60. The highest BCUT2D eigenvalue weighted by atomic mass is 15.1. The molecule has 2 rings (SSSR count). The molecule has 0 amide bonds. The molecule has 1 N–H and O–H groups in total. The molecule has 0 radical (unpaired) electrons. The van der Waals surface area contributed by atoms with Gasteiger partial charge in [0.25, 0.3) is 5.82 Å². The Balaban J connectivity index is 1.75. The van der Waals surface area contributed by atoms with E-state index in [1.807, 2.05) is 0 Å². The lowest BCUT2D eigenvalue weighted by Gasteiger charge is -2.14. The Labute approximate surface area is 212 Å². The summed E-state index contributed by atoms with van der Waals surface area (Å²) >= 11 is 0. The fourth-order valence-corrected chi connectivity index (χ4v) is 5.30. The molecule has 34 heavy (non-hydrogen) atoms. The van der Waals surface area contributed by atoms with Crippen LogP contribution in [0.2, 0.25) is 0 Å². The van der Waals surface area contributed by atoms with Gasteiger partial charge in [-0.3, -0.25) is 0 Å². The molecule has 0 aliphatic carbocycles. The van der Waals surface area contributed by atoms with Crippen molar-refractivity contribution in [3.05, 3.63) is 48.5 Å². The number of aromatic nitrogens is 2. The minimum Gasteiger partial charge on any atom is -0.247 e. The van der Waals surface area contributed by atoms with Gasteiger partial charge in [-0.1, -0.05) is 148 Å². The summed E-state index contributed by atoms with van der Waals surface area (Å²) in [4.78, 5) is 3.63. The molecule has 2 heteroatoms. The minimum atomic E-state index is 0.643. The molecule has 0 saturated carbocycles. The minimum absolute atomic E-state index is 0.643. The van der Waals surface area contributed by atoms with E-state index in [0.717, 1.165) is 0 Å². The van der Waals surface area contributed by atoms with E-state index < -0.39 is 0 Å². The number of para-hydroxylation sites is 1. The van der Waals surface area contributed by atoms with E-state index in [4.69, 9.17) is 0 Å². The van der Waals surface area contributed by atoms with Crippen molar-refractivity contribution in [2.45, 2.75) is 148 Å². The van der Waals surface area contributed by atoms with Crippen LogP contribution in [0.4, 0.5) is 0 Å². The fraction of sp³-hybridized carbons (Fsp3) is 0.719. The molecule has 1 atom stereocenters. The average Bonchev–Trinajstić information content (AvgIpc) is 3.36. The molecule has 0 spiro atoms. The van der Waals surface area contributed by atoms with Gasteiger partial charge in [0.05, 0.1) is 5.92 Å². The largest absolute Gasteiger partial charge is 0.262 e. The molecule has 0 aliphatic rings. The van der Waals surface area contributed by atoms with Crippen molar-refractivity contribution in [3.8, 4) is 5.69 Å². The van der Waals surface area contributed by atoms with E-state index in [2.05, 4.69) is 66.1 Å². The molecule has 1 aromatic heterocycles. The number of imidazole rings is 1. The van der Waals surface area contributed by atoms with Crippen LogP contribution in [0.5, 0.6) is 0 Å². The van der Waals surface area contributed by atoms with Crippen molar-refractivity contribution in [2.75, 3.05) is 0 Å². The summed E-state index contributed by atoms with van der Waals surface area (Å²) in [6, 6.07) is 10.9. The molecule has 0 aliphatic heterocycles. The van der Waals surface area contributed by atoms with E-state index in [9.17, 15) is 0 Å². The van der Waals surface area contributed by atoms with E-state index in [-0.39, 0.29) is 0 Å². The lowest BCUT2D eigenvalue weighted by atomic mass is 9.93. The summed E-state index contributed by atoms with van der Waals surface area (Å²) in [5.41, 5.74) is 1.28. The first-order valence-electron chi connectivity index (χ1n) is 15.0. The number of H-pyrrole nitrogens is 1. The Morgan fingerprint density at radius 1 is 0.588 bits per heavy atom. The molecule has 0 bridgehead atoms. The molecule has 192 valence electrons. The van der Waals surface area contributed by atoms with Crippen molar-refractivity contribution in [2.24, 2.45) is 0 Å². The second-order valence-corrected chi connectivity index (χ2v) is 10.5. The van der Waals surface area contributed by atoms with E-state index in [1.165, 1.54) is 140 Å². The predicted octanol–water partition coefficient (Wildman–Crippen LogP) is 10.2. The number of nitrogens with zero attached hydrogens (tertiary/aromatic N) is 1. The number of nitrogens with one attached hydrogen (secondary N) is 1. The lowest BCUT2D eigenvalue weighted by molar-refractivity contribution is -0.604. The quantitative estimate of drug-likeness (QED) is 0.131. The zero-order chi connectivity index (χ0) is 24.1. The van der Waals surface area contributed by atoms with Crippen molar-refractivity contribution >= 4 is 0 Å². The van der Waals surface area contributed by atoms with Crippen LogP contribution in [0.3, 0.4) is 0 Å². The Bertz CT molecular complexity index is 690. The molecule has 2 nitrogen and oxygen atoms in total. The highest BCUT2D eigenvalue weighted by molar-refractivity contribution is 5.22. The van der Waals surface area contributed by atoms with Crippen LogP contribution in [-0.2, 0) is 0 Å². The van der Waals surface area contributed by atoms with Gasteiger partial charge < -0.3 is 0 Å². The smallest absolute Gasteiger partial charge is 0.247 e. The second kappa shape index (κ2) is 19.7. The number of hydrogen-bond acceptors (Lipinski definition) is 0. The van der Waals surface area contributed by atoms with Crippen molar-refractivity contribution in [1.82, 2.24) is 4.98 Å². The van der Waals surface area contributed by atoms with E-state index in [0.29, 0.717) is 5.92 Å². The summed E-state index contributed by atoms with van der Waals surface area (Å²) < 4.78 is 2.39. The van der Waals surface area contributed by atoms with Gasteiger partial charge >= 0.3 is 0 Å². The van der Waals surface area contributed by atoms with E-state index >= 15 is 0 Å². The van der Waals surface area contributed by atoms with Gasteiger partial charge in [-0.2, -0.15) is 4.57 Å². The molecular formula is C32H55N2+. The highest BCUT2D eigenvalue weighted by Gasteiger charge is 2.23. The fourth-order valence-electron chi connectivity index (χ4n) is 5.30. The van der Waals surface area contributed by atoms with Crippen molar-refractivity contribution in [3.63, 3.8) is 0 Å². The second-order valence-electron chi connectivity index (χ2n) is 10.5. The number of benzene rings is 1. The van der Waals surface area contributed by atoms with Crippen LogP contribution < -0.4 is 4.57 Å². The summed E-state index contributed by atoms with van der Waals surface area (Å²) in [5, 5.41) is 0. The standard InChI is InChI=1S/C32H54N2/c1-3-5-7-9-11-12-13-14-16-18-21-25-30(24-20-17-15-10-8-6-4-2)32-33-28-29-34(32)31-26-22-19-23-27-31/h19,22-23,26-30H,3-18,20-21,24-25H2,1-2H3/p+1/t30-/m0/s1.